The van der Waals surface area contributed by atoms with Crippen molar-refractivity contribution in [3.8, 4) is 0 Å². The summed E-state index contributed by atoms with van der Waals surface area (Å²) in [7, 11) is 0. The van der Waals surface area contributed by atoms with E-state index in [0.717, 1.165) is 10.6 Å². The van der Waals surface area contributed by atoms with Crippen LogP contribution in [0.2, 0.25) is 0 Å². The molecule has 1 N–H and O–H groups in total. The number of hydrogen-bond donors (Lipinski definition) is 1. The van der Waals surface area contributed by atoms with Gasteiger partial charge in [-0.3, -0.25) is 9.59 Å². The van der Waals surface area contributed by atoms with Crippen molar-refractivity contribution >= 4 is 22.9 Å². The fourth-order valence-corrected chi connectivity index (χ4v) is 2.87. The molecule has 1 aromatic carbocycles. The molecular formula is C15H17FN2O2S. The number of benzene rings is 1. The molecule has 6 heteroatoms. The van der Waals surface area contributed by atoms with Gasteiger partial charge in [0, 0.05) is 34.8 Å². The summed E-state index contributed by atoms with van der Waals surface area (Å²) in [6, 6.07) is 4.55. The number of anilines is 1. The second kappa shape index (κ2) is 6.22. The Morgan fingerprint density at radius 2 is 2.05 bits per heavy atom. The molecule has 4 nitrogen and oxygen atoms in total. The van der Waals surface area contributed by atoms with Gasteiger partial charge in [-0.25, -0.2) is 4.39 Å². The molecule has 0 aliphatic rings. The van der Waals surface area contributed by atoms with Crippen LogP contribution in [0.5, 0.6) is 0 Å². The topological polar surface area (TPSA) is 51.1 Å². The molecule has 0 aliphatic carbocycles. The third kappa shape index (κ3) is 3.39. The van der Waals surface area contributed by atoms with Crippen LogP contribution in [0, 0.1) is 26.6 Å². The van der Waals surface area contributed by atoms with Gasteiger partial charge in [-0.05, 0) is 32.9 Å². The first-order valence-corrected chi connectivity index (χ1v) is 7.43. The molecule has 0 saturated heterocycles. The number of aromatic nitrogens is 1. The van der Waals surface area contributed by atoms with Gasteiger partial charge in [0.25, 0.3) is 0 Å². The molecule has 0 spiro atoms. The SMILES string of the molecule is Cc1sc(=O)n(CCC(=O)Nc2cccc(F)c2C)c1C. The van der Waals surface area contributed by atoms with Gasteiger partial charge < -0.3 is 9.88 Å². The van der Waals surface area contributed by atoms with E-state index in [2.05, 4.69) is 5.32 Å². The summed E-state index contributed by atoms with van der Waals surface area (Å²) in [6.45, 7) is 5.69. The van der Waals surface area contributed by atoms with E-state index in [1.165, 1.54) is 17.4 Å². The van der Waals surface area contributed by atoms with Crippen LogP contribution in [0.1, 0.15) is 22.6 Å². The molecule has 0 bridgehead atoms. The van der Waals surface area contributed by atoms with E-state index in [0.29, 0.717) is 17.8 Å². The Bertz CT molecular complexity index is 734. The average Bonchev–Trinajstić information content (AvgIpc) is 2.67. The average molecular weight is 308 g/mol. The van der Waals surface area contributed by atoms with Crippen molar-refractivity contribution in [2.75, 3.05) is 5.32 Å². The zero-order chi connectivity index (χ0) is 15.6. The molecule has 0 saturated carbocycles. The van der Waals surface area contributed by atoms with Gasteiger partial charge in [0.2, 0.25) is 5.91 Å². The van der Waals surface area contributed by atoms with Crippen LogP contribution in [0.4, 0.5) is 10.1 Å². The molecule has 21 heavy (non-hydrogen) atoms. The van der Waals surface area contributed by atoms with Crippen molar-refractivity contribution in [1.29, 1.82) is 0 Å². The summed E-state index contributed by atoms with van der Waals surface area (Å²) in [4.78, 5) is 24.6. The Balaban J connectivity index is 2.03. The number of amides is 1. The van der Waals surface area contributed by atoms with Crippen molar-refractivity contribution < 1.29 is 9.18 Å². The number of halogens is 1. The van der Waals surface area contributed by atoms with Gasteiger partial charge in [-0.1, -0.05) is 17.4 Å². The van der Waals surface area contributed by atoms with Crippen molar-refractivity contribution in [1.82, 2.24) is 4.57 Å². The Hall–Kier alpha value is -1.95. The van der Waals surface area contributed by atoms with Crippen molar-refractivity contribution in [2.45, 2.75) is 33.7 Å². The van der Waals surface area contributed by atoms with Crippen LogP contribution in [-0.4, -0.2) is 10.5 Å². The molecule has 1 heterocycles. The highest BCUT2D eigenvalue weighted by Gasteiger charge is 2.11. The lowest BCUT2D eigenvalue weighted by atomic mass is 10.2. The predicted octanol–water partition coefficient (Wildman–Crippen LogP) is 3.00. The van der Waals surface area contributed by atoms with Crippen LogP contribution in [0.15, 0.2) is 23.0 Å². The molecule has 112 valence electrons. The second-order valence-electron chi connectivity index (χ2n) is 4.87. The molecule has 1 amide bonds. The normalized spacial score (nSPS) is 10.7. The molecule has 0 unspecified atom stereocenters. The second-order valence-corrected chi connectivity index (χ2v) is 6.04. The van der Waals surface area contributed by atoms with Crippen LogP contribution in [-0.2, 0) is 11.3 Å². The predicted molar refractivity (Wildman–Crippen MR) is 82.4 cm³/mol. The van der Waals surface area contributed by atoms with E-state index >= 15 is 0 Å². The van der Waals surface area contributed by atoms with Crippen molar-refractivity contribution in [2.24, 2.45) is 0 Å². The smallest absolute Gasteiger partial charge is 0.307 e. The molecular weight excluding hydrogens is 291 g/mol. The number of carbonyl (C=O) groups is 1. The van der Waals surface area contributed by atoms with Gasteiger partial charge in [0.05, 0.1) is 0 Å². The van der Waals surface area contributed by atoms with Crippen LogP contribution in [0.25, 0.3) is 0 Å². The maximum absolute atomic E-state index is 13.4. The standard InChI is InChI=1S/C15H17FN2O2S/c1-9-12(16)5-4-6-13(9)17-14(19)7-8-18-10(2)11(3)21-15(18)20/h4-6H,7-8H2,1-3H3,(H,17,19). The fraction of sp³-hybridized carbons (Fsp3) is 0.333. The number of carbonyl (C=O) groups excluding carboxylic acids is 1. The lowest BCUT2D eigenvalue weighted by Crippen LogP contribution is -2.20. The Morgan fingerprint density at radius 3 is 2.67 bits per heavy atom. The van der Waals surface area contributed by atoms with E-state index in [9.17, 15) is 14.0 Å². The van der Waals surface area contributed by atoms with Gasteiger partial charge in [-0.2, -0.15) is 0 Å². The zero-order valence-corrected chi connectivity index (χ0v) is 13.0. The summed E-state index contributed by atoms with van der Waals surface area (Å²) in [6.07, 6.45) is 0.173. The van der Waals surface area contributed by atoms with Gasteiger partial charge in [0.1, 0.15) is 5.82 Å². The number of nitrogens with one attached hydrogen (secondary N) is 1. The van der Waals surface area contributed by atoms with Crippen LogP contribution < -0.4 is 10.2 Å². The maximum Gasteiger partial charge on any atom is 0.307 e. The van der Waals surface area contributed by atoms with E-state index in [1.807, 2.05) is 13.8 Å². The molecule has 2 aromatic rings. The lowest BCUT2D eigenvalue weighted by molar-refractivity contribution is -0.116. The Labute approximate surface area is 126 Å². The highest BCUT2D eigenvalue weighted by atomic mass is 32.1. The highest BCUT2D eigenvalue weighted by Crippen LogP contribution is 2.17. The van der Waals surface area contributed by atoms with E-state index in [4.69, 9.17) is 0 Å². The molecule has 2 rings (SSSR count). The fourth-order valence-electron chi connectivity index (χ4n) is 2.01. The summed E-state index contributed by atoms with van der Waals surface area (Å²) in [5.74, 6) is -0.591. The highest BCUT2D eigenvalue weighted by molar-refractivity contribution is 7.09. The molecule has 0 aliphatic heterocycles. The third-order valence-corrected chi connectivity index (χ3v) is 4.48. The minimum Gasteiger partial charge on any atom is -0.326 e. The number of rotatable bonds is 4. The van der Waals surface area contributed by atoms with E-state index in [1.54, 1.807) is 23.6 Å². The maximum atomic E-state index is 13.4. The summed E-state index contributed by atoms with van der Waals surface area (Å²) >= 11 is 1.18. The molecule has 0 fully saturated rings. The van der Waals surface area contributed by atoms with Crippen LogP contribution >= 0.6 is 11.3 Å². The van der Waals surface area contributed by atoms with E-state index in [-0.39, 0.29) is 23.0 Å². The number of aryl methyl sites for hydroxylation is 1. The largest absolute Gasteiger partial charge is 0.326 e. The van der Waals surface area contributed by atoms with Crippen molar-refractivity contribution in [3.05, 3.63) is 49.8 Å². The summed E-state index contributed by atoms with van der Waals surface area (Å²) < 4.78 is 15.0. The van der Waals surface area contributed by atoms with Gasteiger partial charge >= 0.3 is 4.87 Å². The van der Waals surface area contributed by atoms with Gasteiger partial charge in [0.15, 0.2) is 0 Å². The first kappa shape index (κ1) is 15.4. The van der Waals surface area contributed by atoms with Gasteiger partial charge in [-0.15, -0.1) is 0 Å². The minimum atomic E-state index is -0.353. The number of thiazole rings is 1. The minimum absolute atomic E-state index is 0.0558. The number of nitrogens with zero attached hydrogens (tertiary/aromatic N) is 1. The number of hydrogen-bond acceptors (Lipinski definition) is 3. The molecule has 0 radical (unpaired) electrons. The third-order valence-electron chi connectivity index (χ3n) is 3.48. The first-order valence-electron chi connectivity index (χ1n) is 6.62. The quantitative estimate of drug-likeness (QED) is 0.944. The monoisotopic (exact) mass is 308 g/mol. The van der Waals surface area contributed by atoms with E-state index < -0.39 is 0 Å². The Kier molecular flexibility index (Phi) is 4.57. The zero-order valence-electron chi connectivity index (χ0n) is 12.2. The first-order chi connectivity index (χ1) is 9.90. The van der Waals surface area contributed by atoms with Crippen LogP contribution in [0.3, 0.4) is 0 Å². The van der Waals surface area contributed by atoms with Crippen molar-refractivity contribution in [3.63, 3.8) is 0 Å². The lowest BCUT2D eigenvalue weighted by Gasteiger charge is -2.09. The summed E-state index contributed by atoms with van der Waals surface area (Å²) in [5.41, 5.74) is 1.76. The Morgan fingerprint density at radius 1 is 1.33 bits per heavy atom. The molecule has 0 atom stereocenters. The molecule has 1 aromatic heterocycles. The summed E-state index contributed by atoms with van der Waals surface area (Å²) in [5, 5.41) is 2.68.